The zero-order valence-electron chi connectivity index (χ0n) is 8.73. The second-order valence-electron chi connectivity index (χ2n) is 3.07. The minimum absolute atomic E-state index is 0.133. The molecule has 0 unspecified atom stereocenters. The summed E-state index contributed by atoms with van der Waals surface area (Å²) in [7, 11) is 0. The number of aliphatic carboxylic acids is 1. The fraction of sp³-hybridized carbons (Fsp3) is 0.0909. The molecule has 1 amide bonds. The predicted octanol–water partition coefficient (Wildman–Crippen LogP) is 1.66. The lowest BCUT2D eigenvalue weighted by Crippen LogP contribution is -2.05. The van der Waals surface area contributed by atoms with E-state index in [-0.39, 0.29) is 5.91 Å². The minimum atomic E-state index is -1.01. The van der Waals surface area contributed by atoms with Crippen LogP contribution in [0.3, 0.4) is 0 Å². The summed E-state index contributed by atoms with van der Waals surface area (Å²) in [6.45, 7) is 1.43. The molecule has 5 nitrogen and oxygen atoms in total. The fourth-order valence-electron chi connectivity index (χ4n) is 1.06. The quantitative estimate of drug-likeness (QED) is 0.674. The van der Waals surface area contributed by atoms with Crippen LogP contribution in [0.4, 0.5) is 11.4 Å². The summed E-state index contributed by atoms with van der Waals surface area (Å²) in [6.07, 6.45) is 2.33. The molecule has 0 saturated carbocycles. The molecule has 0 heterocycles. The maximum atomic E-state index is 10.7. The van der Waals surface area contributed by atoms with Gasteiger partial charge in [0.2, 0.25) is 5.91 Å². The Hall–Kier alpha value is -2.30. The summed E-state index contributed by atoms with van der Waals surface area (Å²) in [4.78, 5) is 20.9. The number of carbonyl (C=O) groups is 2. The van der Waals surface area contributed by atoms with Crippen LogP contribution in [0.1, 0.15) is 6.92 Å². The third-order valence-corrected chi connectivity index (χ3v) is 1.68. The van der Waals surface area contributed by atoms with E-state index in [1.807, 2.05) is 0 Å². The molecular formula is C11H12N2O3. The van der Waals surface area contributed by atoms with Crippen molar-refractivity contribution in [3.05, 3.63) is 36.5 Å². The molecule has 5 heteroatoms. The normalized spacial score (nSPS) is 10.1. The number of carbonyl (C=O) groups excluding carboxylic acids is 1. The maximum Gasteiger partial charge on any atom is 0.329 e. The van der Waals surface area contributed by atoms with Crippen LogP contribution in [-0.4, -0.2) is 17.0 Å². The number of anilines is 2. The Morgan fingerprint density at radius 1 is 1.19 bits per heavy atom. The van der Waals surface area contributed by atoms with Gasteiger partial charge in [0.05, 0.1) is 0 Å². The first-order valence-electron chi connectivity index (χ1n) is 4.61. The van der Waals surface area contributed by atoms with Crippen molar-refractivity contribution in [1.82, 2.24) is 0 Å². The Bertz CT molecular complexity index is 410. The van der Waals surface area contributed by atoms with Crippen molar-refractivity contribution in [1.29, 1.82) is 0 Å². The van der Waals surface area contributed by atoms with Crippen molar-refractivity contribution in [2.24, 2.45) is 0 Å². The van der Waals surface area contributed by atoms with Gasteiger partial charge in [0, 0.05) is 30.6 Å². The Balaban J connectivity index is 2.57. The van der Waals surface area contributed by atoms with E-state index in [0.717, 1.165) is 11.8 Å². The summed E-state index contributed by atoms with van der Waals surface area (Å²) in [5.74, 6) is -1.14. The highest BCUT2D eigenvalue weighted by molar-refractivity contribution is 5.88. The van der Waals surface area contributed by atoms with Crippen LogP contribution in [0.2, 0.25) is 0 Å². The van der Waals surface area contributed by atoms with Crippen LogP contribution in [0, 0.1) is 0 Å². The van der Waals surface area contributed by atoms with Crippen molar-refractivity contribution in [3.8, 4) is 0 Å². The first kappa shape index (κ1) is 11.8. The van der Waals surface area contributed by atoms with Gasteiger partial charge in [0.25, 0.3) is 0 Å². The lowest BCUT2D eigenvalue weighted by atomic mass is 10.3. The molecule has 0 atom stereocenters. The standard InChI is InChI=1S/C11H12N2O3/c1-8(14)13-10-4-2-9(3-5-10)12-7-6-11(15)16/h2-7,12H,1H3,(H,13,14)(H,15,16)/b7-6+. The molecule has 0 saturated heterocycles. The number of amides is 1. The third-order valence-electron chi connectivity index (χ3n) is 1.68. The monoisotopic (exact) mass is 220 g/mol. The number of rotatable bonds is 4. The van der Waals surface area contributed by atoms with Gasteiger partial charge in [-0.2, -0.15) is 0 Å². The molecule has 0 bridgehead atoms. The lowest BCUT2D eigenvalue weighted by Gasteiger charge is -2.03. The van der Waals surface area contributed by atoms with Gasteiger partial charge in [0.15, 0.2) is 0 Å². The van der Waals surface area contributed by atoms with Crippen molar-refractivity contribution in [3.63, 3.8) is 0 Å². The SMILES string of the molecule is CC(=O)Nc1ccc(N/C=C/C(=O)O)cc1. The van der Waals surface area contributed by atoms with E-state index < -0.39 is 5.97 Å². The summed E-state index contributed by atoms with van der Waals surface area (Å²) in [6, 6.07) is 6.91. The first-order valence-corrected chi connectivity index (χ1v) is 4.61. The van der Waals surface area contributed by atoms with E-state index in [1.165, 1.54) is 13.1 Å². The Morgan fingerprint density at radius 3 is 2.25 bits per heavy atom. The van der Waals surface area contributed by atoms with Gasteiger partial charge in [0.1, 0.15) is 0 Å². The highest BCUT2D eigenvalue weighted by Gasteiger charge is 1.94. The number of hydrogen-bond acceptors (Lipinski definition) is 3. The molecule has 0 aliphatic heterocycles. The van der Waals surface area contributed by atoms with Crippen molar-refractivity contribution < 1.29 is 14.7 Å². The molecule has 0 aromatic heterocycles. The maximum absolute atomic E-state index is 10.7. The molecular weight excluding hydrogens is 208 g/mol. The Labute approximate surface area is 92.8 Å². The molecule has 0 fully saturated rings. The van der Waals surface area contributed by atoms with Gasteiger partial charge in [-0.3, -0.25) is 4.79 Å². The fourth-order valence-corrected chi connectivity index (χ4v) is 1.06. The summed E-state index contributed by atoms with van der Waals surface area (Å²) in [5.41, 5.74) is 1.44. The Kier molecular flexibility index (Phi) is 4.08. The number of nitrogens with one attached hydrogen (secondary N) is 2. The van der Waals surface area contributed by atoms with E-state index in [0.29, 0.717) is 5.69 Å². The van der Waals surface area contributed by atoms with Gasteiger partial charge in [-0.25, -0.2) is 4.79 Å². The van der Waals surface area contributed by atoms with Crippen LogP contribution in [0.15, 0.2) is 36.5 Å². The summed E-state index contributed by atoms with van der Waals surface area (Å²) < 4.78 is 0. The van der Waals surface area contributed by atoms with E-state index in [1.54, 1.807) is 24.3 Å². The largest absolute Gasteiger partial charge is 0.478 e. The van der Waals surface area contributed by atoms with Crippen LogP contribution < -0.4 is 10.6 Å². The third kappa shape index (κ3) is 4.28. The lowest BCUT2D eigenvalue weighted by molar-refractivity contribution is -0.131. The second-order valence-corrected chi connectivity index (χ2v) is 3.07. The average molecular weight is 220 g/mol. The highest BCUT2D eigenvalue weighted by atomic mass is 16.4. The van der Waals surface area contributed by atoms with E-state index in [2.05, 4.69) is 10.6 Å². The minimum Gasteiger partial charge on any atom is -0.478 e. The molecule has 1 aromatic carbocycles. The molecule has 1 aromatic rings. The molecule has 84 valence electrons. The van der Waals surface area contributed by atoms with Gasteiger partial charge in [-0.15, -0.1) is 0 Å². The molecule has 0 aliphatic carbocycles. The van der Waals surface area contributed by atoms with Gasteiger partial charge in [-0.1, -0.05) is 0 Å². The van der Waals surface area contributed by atoms with Gasteiger partial charge in [-0.05, 0) is 24.3 Å². The number of carboxylic acids is 1. The van der Waals surface area contributed by atoms with Crippen molar-refractivity contribution >= 4 is 23.3 Å². The highest BCUT2D eigenvalue weighted by Crippen LogP contribution is 2.13. The molecule has 0 aliphatic rings. The number of hydrogen-bond donors (Lipinski definition) is 3. The smallest absolute Gasteiger partial charge is 0.329 e. The van der Waals surface area contributed by atoms with Gasteiger partial charge < -0.3 is 15.7 Å². The van der Waals surface area contributed by atoms with Gasteiger partial charge >= 0.3 is 5.97 Å². The van der Waals surface area contributed by atoms with E-state index in [4.69, 9.17) is 5.11 Å². The summed E-state index contributed by atoms with van der Waals surface area (Å²) >= 11 is 0. The summed E-state index contributed by atoms with van der Waals surface area (Å²) in [5, 5.41) is 13.8. The molecule has 0 radical (unpaired) electrons. The number of benzene rings is 1. The van der Waals surface area contributed by atoms with Crippen LogP contribution >= 0.6 is 0 Å². The van der Waals surface area contributed by atoms with Crippen molar-refractivity contribution in [2.75, 3.05) is 10.6 Å². The average Bonchev–Trinajstić information content (AvgIpc) is 2.19. The zero-order valence-corrected chi connectivity index (χ0v) is 8.73. The predicted molar refractivity (Wildman–Crippen MR) is 61.1 cm³/mol. The van der Waals surface area contributed by atoms with Crippen LogP contribution in [0.5, 0.6) is 0 Å². The first-order chi connectivity index (χ1) is 7.58. The van der Waals surface area contributed by atoms with E-state index >= 15 is 0 Å². The molecule has 16 heavy (non-hydrogen) atoms. The van der Waals surface area contributed by atoms with Crippen LogP contribution in [-0.2, 0) is 9.59 Å². The number of carboxylic acid groups (broad SMARTS) is 1. The van der Waals surface area contributed by atoms with Crippen molar-refractivity contribution in [2.45, 2.75) is 6.92 Å². The molecule has 3 N–H and O–H groups in total. The second kappa shape index (κ2) is 5.55. The molecule has 0 spiro atoms. The zero-order chi connectivity index (χ0) is 12.0. The van der Waals surface area contributed by atoms with E-state index in [9.17, 15) is 9.59 Å². The van der Waals surface area contributed by atoms with Crippen LogP contribution in [0.25, 0.3) is 0 Å². The Morgan fingerprint density at radius 2 is 1.75 bits per heavy atom. The topological polar surface area (TPSA) is 78.4 Å². The molecule has 1 rings (SSSR count).